The van der Waals surface area contributed by atoms with Crippen LogP contribution in [0, 0.1) is 0 Å². The fourth-order valence-corrected chi connectivity index (χ4v) is 2.84. The van der Waals surface area contributed by atoms with Crippen LogP contribution in [0.15, 0.2) is 60.7 Å². The highest BCUT2D eigenvalue weighted by Gasteiger charge is 2.28. The van der Waals surface area contributed by atoms with E-state index in [1.807, 2.05) is 65.6 Å². The third-order valence-corrected chi connectivity index (χ3v) is 4.26. The monoisotopic (exact) mass is 295 g/mol. The van der Waals surface area contributed by atoms with Crippen molar-refractivity contribution >= 4 is 5.91 Å². The molecule has 2 aromatic rings. The zero-order valence-corrected chi connectivity index (χ0v) is 13.7. The lowest BCUT2D eigenvalue weighted by Crippen LogP contribution is -2.41. The molecule has 0 fully saturated rings. The van der Waals surface area contributed by atoms with Gasteiger partial charge in [0.2, 0.25) is 5.91 Å². The summed E-state index contributed by atoms with van der Waals surface area (Å²) >= 11 is 0. The quantitative estimate of drug-likeness (QED) is 0.770. The van der Waals surface area contributed by atoms with Gasteiger partial charge >= 0.3 is 0 Å². The van der Waals surface area contributed by atoms with Crippen LogP contribution in [0.4, 0.5) is 0 Å². The van der Waals surface area contributed by atoms with Gasteiger partial charge in [0, 0.05) is 12.6 Å². The molecule has 0 bridgehead atoms. The first kappa shape index (κ1) is 16.3. The number of likely N-dealkylation sites (N-methyl/N-ethyl adjacent to an activating group) is 1. The first-order chi connectivity index (χ1) is 10.7. The summed E-state index contributed by atoms with van der Waals surface area (Å²) < 4.78 is 0. The van der Waals surface area contributed by atoms with Crippen molar-refractivity contribution in [2.75, 3.05) is 6.54 Å². The van der Waals surface area contributed by atoms with E-state index in [0.717, 1.165) is 24.1 Å². The van der Waals surface area contributed by atoms with Gasteiger partial charge < -0.3 is 4.90 Å². The Bertz CT molecular complexity index is 540. The average Bonchev–Trinajstić information content (AvgIpc) is 2.57. The van der Waals surface area contributed by atoms with Crippen LogP contribution in [-0.2, 0) is 4.79 Å². The molecule has 0 radical (unpaired) electrons. The van der Waals surface area contributed by atoms with Crippen LogP contribution >= 0.6 is 0 Å². The SMILES string of the molecule is CCC(C)N(CC)C(=O)C(c1ccccc1)c1ccccc1. The number of nitrogens with zero attached hydrogens (tertiary/aromatic N) is 1. The molecule has 2 nitrogen and oxygen atoms in total. The first-order valence-corrected chi connectivity index (χ1v) is 8.09. The van der Waals surface area contributed by atoms with Gasteiger partial charge in [0.05, 0.1) is 5.92 Å². The number of rotatable bonds is 6. The maximum atomic E-state index is 13.2. The zero-order chi connectivity index (χ0) is 15.9. The molecule has 1 atom stereocenters. The molecule has 2 rings (SSSR count). The molecule has 22 heavy (non-hydrogen) atoms. The Balaban J connectivity index is 2.43. The van der Waals surface area contributed by atoms with Gasteiger partial charge in [-0.2, -0.15) is 0 Å². The van der Waals surface area contributed by atoms with Crippen molar-refractivity contribution in [1.29, 1.82) is 0 Å². The van der Waals surface area contributed by atoms with Crippen molar-refractivity contribution < 1.29 is 4.79 Å². The zero-order valence-electron chi connectivity index (χ0n) is 13.7. The third kappa shape index (κ3) is 3.56. The molecule has 2 aromatic carbocycles. The van der Waals surface area contributed by atoms with E-state index in [9.17, 15) is 4.79 Å². The highest BCUT2D eigenvalue weighted by atomic mass is 16.2. The van der Waals surface area contributed by atoms with Crippen LogP contribution in [0.2, 0.25) is 0 Å². The van der Waals surface area contributed by atoms with Crippen molar-refractivity contribution in [3.8, 4) is 0 Å². The van der Waals surface area contributed by atoms with Gasteiger partial charge in [0.25, 0.3) is 0 Å². The van der Waals surface area contributed by atoms with E-state index in [1.54, 1.807) is 0 Å². The average molecular weight is 295 g/mol. The summed E-state index contributed by atoms with van der Waals surface area (Å²) in [5.41, 5.74) is 2.11. The van der Waals surface area contributed by atoms with E-state index in [4.69, 9.17) is 0 Å². The lowest BCUT2D eigenvalue weighted by Gasteiger charge is -2.31. The summed E-state index contributed by atoms with van der Waals surface area (Å²) in [6.45, 7) is 7.04. The van der Waals surface area contributed by atoms with Gasteiger partial charge in [-0.15, -0.1) is 0 Å². The van der Waals surface area contributed by atoms with Crippen LogP contribution in [0.3, 0.4) is 0 Å². The first-order valence-electron chi connectivity index (χ1n) is 8.09. The molecular weight excluding hydrogens is 270 g/mol. The highest BCUT2D eigenvalue weighted by Crippen LogP contribution is 2.27. The second-order valence-corrected chi connectivity index (χ2v) is 5.64. The summed E-state index contributed by atoms with van der Waals surface area (Å²) in [6, 6.07) is 20.4. The van der Waals surface area contributed by atoms with E-state index >= 15 is 0 Å². The Kier molecular flexibility index (Phi) is 5.76. The number of carbonyl (C=O) groups excluding carboxylic acids is 1. The highest BCUT2D eigenvalue weighted by molar-refractivity contribution is 5.87. The fourth-order valence-electron chi connectivity index (χ4n) is 2.84. The Morgan fingerprint density at radius 1 is 0.909 bits per heavy atom. The van der Waals surface area contributed by atoms with Crippen LogP contribution < -0.4 is 0 Å². The van der Waals surface area contributed by atoms with E-state index in [1.165, 1.54) is 0 Å². The molecule has 0 saturated carbocycles. The smallest absolute Gasteiger partial charge is 0.234 e. The maximum Gasteiger partial charge on any atom is 0.234 e. The van der Waals surface area contributed by atoms with E-state index < -0.39 is 0 Å². The van der Waals surface area contributed by atoms with Crippen LogP contribution in [0.1, 0.15) is 44.2 Å². The molecule has 0 aliphatic rings. The van der Waals surface area contributed by atoms with Crippen molar-refractivity contribution in [2.24, 2.45) is 0 Å². The molecule has 0 aromatic heterocycles. The summed E-state index contributed by atoms with van der Waals surface area (Å²) in [7, 11) is 0. The largest absolute Gasteiger partial charge is 0.339 e. The van der Waals surface area contributed by atoms with Crippen molar-refractivity contribution in [1.82, 2.24) is 4.90 Å². The minimum Gasteiger partial charge on any atom is -0.339 e. The van der Waals surface area contributed by atoms with Crippen LogP contribution in [0.5, 0.6) is 0 Å². The number of amides is 1. The van der Waals surface area contributed by atoms with Gasteiger partial charge in [0.1, 0.15) is 0 Å². The molecule has 0 N–H and O–H groups in total. The van der Waals surface area contributed by atoms with Gasteiger partial charge in [0.15, 0.2) is 0 Å². The Morgan fingerprint density at radius 2 is 1.36 bits per heavy atom. The van der Waals surface area contributed by atoms with E-state index in [0.29, 0.717) is 0 Å². The summed E-state index contributed by atoms with van der Waals surface area (Å²) in [5.74, 6) is -0.0365. The standard InChI is InChI=1S/C20H25NO/c1-4-16(3)21(5-2)20(22)19(17-12-8-6-9-13-17)18-14-10-7-11-15-18/h6-16,19H,4-5H2,1-3H3. The summed E-state index contributed by atoms with van der Waals surface area (Å²) in [6.07, 6.45) is 0.968. The van der Waals surface area contributed by atoms with E-state index in [-0.39, 0.29) is 17.9 Å². The molecule has 2 heteroatoms. The molecule has 1 unspecified atom stereocenters. The Labute approximate surface area is 133 Å². The van der Waals surface area contributed by atoms with Crippen LogP contribution in [0.25, 0.3) is 0 Å². The molecular formula is C20H25NO. The lowest BCUT2D eigenvalue weighted by molar-refractivity contribution is -0.133. The third-order valence-electron chi connectivity index (χ3n) is 4.26. The second-order valence-electron chi connectivity index (χ2n) is 5.64. The molecule has 0 aliphatic carbocycles. The number of carbonyl (C=O) groups is 1. The van der Waals surface area contributed by atoms with Crippen LogP contribution in [-0.4, -0.2) is 23.4 Å². The molecule has 116 valence electrons. The van der Waals surface area contributed by atoms with Crippen molar-refractivity contribution in [2.45, 2.75) is 39.2 Å². The molecule has 0 saturated heterocycles. The predicted molar refractivity (Wildman–Crippen MR) is 91.9 cm³/mol. The lowest BCUT2D eigenvalue weighted by atomic mass is 9.89. The Hall–Kier alpha value is -2.09. The van der Waals surface area contributed by atoms with Gasteiger partial charge in [-0.3, -0.25) is 4.79 Å². The summed E-state index contributed by atoms with van der Waals surface area (Å²) in [4.78, 5) is 15.2. The molecule has 1 amide bonds. The minimum absolute atomic E-state index is 0.189. The topological polar surface area (TPSA) is 20.3 Å². The summed E-state index contributed by atoms with van der Waals surface area (Å²) in [5, 5.41) is 0. The van der Waals surface area contributed by atoms with E-state index in [2.05, 4.69) is 20.8 Å². The molecule has 0 heterocycles. The predicted octanol–water partition coefficient (Wildman–Crippen LogP) is 4.47. The number of hydrogen-bond acceptors (Lipinski definition) is 1. The molecule has 0 spiro atoms. The van der Waals surface area contributed by atoms with Gasteiger partial charge in [-0.05, 0) is 31.4 Å². The normalized spacial score (nSPS) is 12.2. The maximum absolute atomic E-state index is 13.2. The molecule has 0 aliphatic heterocycles. The minimum atomic E-state index is -0.226. The van der Waals surface area contributed by atoms with Crippen molar-refractivity contribution in [3.63, 3.8) is 0 Å². The second kappa shape index (κ2) is 7.79. The number of hydrogen-bond donors (Lipinski definition) is 0. The Morgan fingerprint density at radius 3 is 1.73 bits per heavy atom. The fraction of sp³-hybridized carbons (Fsp3) is 0.350. The number of benzene rings is 2. The van der Waals surface area contributed by atoms with Gasteiger partial charge in [-0.1, -0.05) is 67.6 Å². The van der Waals surface area contributed by atoms with Gasteiger partial charge in [-0.25, -0.2) is 0 Å². The van der Waals surface area contributed by atoms with Crippen molar-refractivity contribution in [3.05, 3.63) is 71.8 Å².